The molecule has 1 heterocycles. The van der Waals surface area contributed by atoms with Crippen molar-refractivity contribution in [3.63, 3.8) is 0 Å². The van der Waals surface area contributed by atoms with Gasteiger partial charge in [0.05, 0.1) is 5.92 Å². The van der Waals surface area contributed by atoms with E-state index in [1.807, 2.05) is 49.4 Å². The van der Waals surface area contributed by atoms with Gasteiger partial charge in [-0.1, -0.05) is 42.3 Å². The van der Waals surface area contributed by atoms with Crippen molar-refractivity contribution in [2.45, 2.75) is 12.8 Å². The fraction of sp³-hybridized carbons (Fsp3) is 0.200. The van der Waals surface area contributed by atoms with Crippen molar-refractivity contribution in [3.8, 4) is 18.1 Å². The van der Waals surface area contributed by atoms with Crippen LogP contribution in [0.4, 0.5) is 0 Å². The SMILES string of the molecule is C#CCOc1ccccc1C(C[N+](=O)[O-])c1c(C)[nH]c2ccccc12. The number of nitrogens with zero attached hydrogens (tertiary/aromatic N) is 1. The van der Waals surface area contributed by atoms with Gasteiger partial charge in [0.2, 0.25) is 6.54 Å². The molecule has 0 spiro atoms. The molecule has 0 amide bonds. The Hall–Kier alpha value is -3.26. The summed E-state index contributed by atoms with van der Waals surface area (Å²) in [4.78, 5) is 14.4. The highest BCUT2D eigenvalue weighted by atomic mass is 16.6. The summed E-state index contributed by atoms with van der Waals surface area (Å²) in [6.07, 6.45) is 5.29. The molecular weight excluding hydrogens is 316 g/mol. The molecule has 1 N–H and O–H groups in total. The molecule has 5 nitrogen and oxygen atoms in total. The van der Waals surface area contributed by atoms with E-state index < -0.39 is 5.92 Å². The maximum Gasteiger partial charge on any atom is 0.214 e. The second-order valence-electron chi connectivity index (χ2n) is 5.81. The summed E-state index contributed by atoms with van der Waals surface area (Å²) in [5.41, 5.74) is 3.57. The summed E-state index contributed by atoms with van der Waals surface area (Å²) in [5.74, 6) is 2.59. The van der Waals surface area contributed by atoms with E-state index >= 15 is 0 Å². The number of nitrogens with one attached hydrogen (secondary N) is 1. The number of H-pyrrole nitrogens is 1. The van der Waals surface area contributed by atoms with Crippen LogP contribution < -0.4 is 4.74 Å². The van der Waals surface area contributed by atoms with Crippen LogP contribution in [0.5, 0.6) is 5.75 Å². The van der Waals surface area contributed by atoms with Gasteiger partial charge in [-0.2, -0.15) is 0 Å². The minimum absolute atomic E-state index is 0.120. The van der Waals surface area contributed by atoms with Gasteiger partial charge in [0.15, 0.2) is 0 Å². The Labute approximate surface area is 145 Å². The minimum Gasteiger partial charge on any atom is -0.481 e. The van der Waals surface area contributed by atoms with Crippen LogP contribution >= 0.6 is 0 Å². The van der Waals surface area contributed by atoms with Crippen molar-refractivity contribution in [2.75, 3.05) is 13.2 Å². The number of nitro groups is 1. The number of aromatic amines is 1. The predicted molar refractivity (Wildman–Crippen MR) is 97.5 cm³/mol. The number of fused-ring (bicyclic) bond motifs is 1. The van der Waals surface area contributed by atoms with Gasteiger partial charge in [-0.05, 0) is 24.6 Å². The largest absolute Gasteiger partial charge is 0.481 e. The van der Waals surface area contributed by atoms with E-state index in [9.17, 15) is 10.1 Å². The summed E-state index contributed by atoms with van der Waals surface area (Å²) < 4.78 is 5.63. The van der Waals surface area contributed by atoms with Crippen molar-refractivity contribution in [3.05, 3.63) is 75.5 Å². The van der Waals surface area contributed by atoms with E-state index in [-0.39, 0.29) is 18.1 Å². The van der Waals surface area contributed by atoms with Gasteiger partial charge in [-0.15, -0.1) is 6.42 Å². The molecule has 3 aromatic rings. The standard InChI is InChI=1S/C20H18N2O3/c1-3-12-25-19-11-7-5-8-15(19)17(13-22(23)24)20-14(2)21-18-10-6-4-9-16(18)20/h1,4-11,17,21H,12-13H2,2H3. The topological polar surface area (TPSA) is 68.2 Å². The Balaban J connectivity index is 2.18. The monoisotopic (exact) mass is 334 g/mol. The van der Waals surface area contributed by atoms with Crippen LogP contribution in [0.25, 0.3) is 10.9 Å². The van der Waals surface area contributed by atoms with Gasteiger partial charge in [0.1, 0.15) is 12.4 Å². The third kappa shape index (κ3) is 3.33. The number of ether oxygens (including phenoxy) is 1. The number of aromatic nitrogens is 1. The fourth-order valence-corrected chi connectivity index (χ4v) is 3.26. The Morgan fingerprint density at radius 3 is 2.72 bits per heavy atom. The normalized spacial score (nSPS) is 11.8. The average Bonchev–Trinajstić information content (AvgIpc) is 2.94. The minimum atomic E-state index is -0.430. The molecule has 0 saturated carbocycles. The molecule has 0 aliphatic rings. The van der Waals surface area contributed by atoms with Crippen LogP contribution in [-0.2, 0) is 0 Å². The first kappa shape index (κ1) is 16.6. The molecular formula is C20H18N2O3. The lowest BCUT2D eigenvalue weighted by molar-refractivity contribution is -0.481. The highest BCUT2D eigenvalue weighted by Crippen LogP contribution is 2.37. The molecule has 1 aromatic heterocycles. The van der Waals surface area contributed by atoms with Gasteiger partial charge in [0.25, 0.3) is 0 Å². The molecule has 0 radical (unpaired) electrons. The van der Waals surface area contributed by atoms with E-state index in [1.165, 1.54) is 0 Å². The zero-order valence-corrected chi connectivity index (χ0v) is 13.9. The van der Waals surface area contributed by atoms with Gasteiger partial charge in [-0.25, -0.2) is 0 Å². The Bertz CT molecular complexity index is 953. The average molecular weight is 334 g/mol. The lowest BCUT2D eigenvalue weighted by Gasteiger charge is -2.18. The van der Waals surface area contributed by atoms with Crippen LogP contribution in [0.2, 0.25) is 0 Å². The molecule has 0 aliphatic heterocycles. The Morgan fingerprint density at radius 1 is 1.24 bits per heavy atom. The molecule has 2 aromatic carbocycles. The Morgan fingerprint density at radius 2 is 1.96 bits per heavy atom. The van der Waals surface area contributed by atoms with Gasteiger partial charge >= 0.3 is 0 Å². The van der Waals surface area contributed by atoms with Crippen LogP contribution in [0, 0.1) is 29.4 Å². The molecule has 3 rings (SSSR count). The van der Waals surface area contributed by atoms with Gasteiger partial charge in [0, 0.05) is 27.1 Å². The van der Waals surface area contributed by atoms with E-state index in [0.29, 0.717) is 5.75 Å². The highest BCUT2D eigenvalue weighted by Gasteiger charge is 2.27. The number of para-hydroxylation sites is 2. The fourth-order valence-electron chi connectivity index (χ4n) is 3.26. The van der Waals surface area contributed by atoms with Crippen molar-refractivity contribution in [1.29, 1.82) is 0 Å². The quantitative estimate of drug-likeness (QED) is 0.422. The molecule has 126 valence electrons. The van der Waals surface area contributed by atoms with E-state index in [0.717, 1.165) is 27.7 Å². The van der Waals surface area contributed by atoms with Crippen LogP contribution in [0.15, 0.2) is 48.5 Å². The van der Waals surface area contributed by atoms with Crippen molar-refractivity contribution >= 4 is 10.9 Å². The number of aryl methyl sites for hydroxylation is 1. The van der Waals surface area contributed by atoms with Crippen LogP contribution in [0.3, 0.4) is 0 Å². The molecule has 0 saturated heterocycles. The number of benzene rings is 2. The number of rotatable bonds is 6. The van der Waals surface area contributed by atoms with Gasteiger partial charge < -0.3 is 9.72 Å². The highest BCUT2D eigenvalue weighted by molar-refractivity contribution is 5.85. The zero-order chi connectivity index (χ0) is 17.8. The summed E-state index contributed by atoms with van der Waals surface area (Å²) in [6, 6.07) is 15.2. The molecule has 0 fully saturated rings. The second-order valence-corrected chi connectivity index (χ2v) is 5.81. The smallest absolute Gasteiger partial charge is 0.214 e. The lowest BCUT2D eigenvalue weighted by atomic mass is 9.88. The lowest BCUT2D eigenvalue weighted by Crippen LogP contribution is -2.16. The number of terminal acetylenes is 1. The molecule has 5 heteroatoms. The van der Waals surface area contributed by atoms with Crippen LogP contribution in [0.1, 0.15) is 22.7 Å². The first-order chi connectivity index (χ1) is 12.1. The first-order valence-corrected chi connectivity index (χ1v) is 7.96. The Kier molecular flexibility index (Phi) is 4.71. The summed E-state index contributed by atoms with van der Waals surface area (Å²) >= 11 is 0. The molecule has 1 atom stereocenters. The first-order valence-electron chi connectivity index (χ1n) is 7.96. The maximum atomic E-state index is 11.4. The van der Waals surface area contributed by atoms with Crippen LogP contribution in [-0.4, -0.2) is 23.1 Å². The summed E-state index contributed by atoms with van der Waals surface area (Å²) in [5, 5.41) is 12.4. The van der Waals surface area contributed by atoms with E-state index in [4.69, 9.17) is 11.2 Å². The molecule has 0 aliphatic carbocycles. The van der Waals surface area contributed by atoms with Crippen molar-refractivity contribution < 1.29 is 9.66 Å². The van der Waals surface area contributed by atoms with E-state index in [1.54, 1.807) is 6.07 Å². The van der Waals surface area contributed by atoms with Crippen molar-refractivity contribution in [2.24, 2.45) is 0 Å². The van der Waals surface area contributed by atoms with Crippen molar-refractivity contribution in [1.82, 2.24) is 4.98 Å². The predicted octanol–water partition coefficient (Wildman–Crippen LogP) is 3.90. The summed E-state index contributed by atoms with van der Waals surface area (Å²) in [6.45, 7) is 1.83. The molecule has 25 heavy (non-hydrogen) atoms. The third-order valence-corrected chi connectivity index (χ3v) is 4.23. The summed E-state index contributed by atoms with van der Waals surface area (Å²) in [7, 11) is 0. The maximum absolute atomic E-state index is 11.4. The molecule has 0 bridgehead atoms. The van der Waals surface area contributed by atoms with E-state index in [2.05, 4.69) is 10.9 Å². The third-order valence-electron chi connectivity index (χ3n) is 4.23. The number of hydrogen-bond donors (Lipinski definition) is 1. The van der Waals surface area contributed by atoms with Gasteiger partial charge in [-0.3, -0.25) is 10.1 Å². The second kappa shape index (κ2) is 7.10. The zero-order valence-electron chi connectivity index (χ0n) is 13.9. The number of hydrogen-bond acceptors (Lipinski definition) is 3. The molecule has 1 unspecified atom stereocenters.